The molecule has 0 saturated carbocycles. The van der Waals surface area contributed by atoms with E-state index in [-0.39, 0.29) is 18.1 Å². The molecule has 9 nitrogen and oxygen atoms in total. The number of nitrogens with one attached hydrogen (secondary N) is 1. The maximum atomic E-state index is 12.0. The topological polar surface area (TPSA) is 110 Å². The minimum atomic E-state index is -0.444. The summed E-state index contributed by atoms with van der Waals surface area (Å²) in [7, 11) is 0. The lowest BCUT2D eigenvalue weighted by Crippen LogP contribution is -2.35. The number of carbonyl (C=O) groups is 1. The van der Waals surface area contributed by atoms with E-state index in [9.17, 15) is 14.9 Å². The number of esters is 1. The summed E-state index contributed by atoms with van der Waals surface area (Å²) in [6.45, 7) is 3.43. The Balaban J connectivity index is 1.47. The first-order valence-electron chi connectivity index (χ1n) is 11.4. The molecule has 0 unspecified atom stereocenters. The van der Waals surface area contributed by atoms with Crippen LogP contribution in [0.3, 0.4) is 0 Å². The number of piperidine rings is 1. The van der Waals surface area contributed by atoms with Gasteiger partial charge in [-0.05, 0) is 61.9 Å². The fourth-order valence-electron chi connectivity index (χ4n) is 4.20. The Morgan fingerprint density at radius 2 is 1.82 bits per heavy atom. The van der Waals surface area contributed by atoms with E-state index < -0.39 is 10.9 Å². The van der Waals surface area contributed by atoms with Gasteiger partial charge in [0.15, 0.2) is 0 Å². The predicted molar refractivity (Wildman–Crippen MR) is 129 cm³/mol. The molecular formula is C25H27N5O4. The van der Waals surface area contributed by atoms with Crippen molar-refractivity contribution in [3.8, 4) is 0 Å². The zero-order valence-corrected chi connectivity index (χ0v) is 19.0. The quantitative estimate of drug-likeness (QED) is 0.290. The SMILES string of the molecule is CCOC(=O)c1ccc(Nc2ncnc(N3CCC(Cc4ccccc4)CC3)c2[N+](=O)[O-])cc1. The van der Waals surface area contributed by atoms with Crippen LogP contribution in [0.5, 0.6) is 0 Å². The van der Waals surface area contributed by atoms with E-state index in [0.29, 0.717) is 36.1 Å². The van der Waals surface area contributed by atoms with Crippen molar-refractivity contribution in [2.45, 2.75) is 26.2 Å². The summed E-state index contributed by atoms with van der Waals surface area (Å²) in [6, 6.07) is 16.9. The van der Waals surface area contributed by atoms with E-state index >= 15 is 0 Å². The molecular weight excluding hydrogens is 434 g/mol. The van der Waals surface area contributed by atoms with Crippen LogP contribution < -0.4 is 10.2 Å². The summed E-state index contributed by atoms with van der Waals surface area (Å²) >= 11 is 0. The van der Waals surface area contributed by atoms with Gasteiger partial charge in [-0.15, -0.1) is 0 Å². The average Bonchev–Trinajstić information content (AvgIpc) is 2.85. The fourth-order valence-corrected chi connectivity index (χ4v) is 4.20. The van der Waals surface area contributed by atoms with E-state index in [0.717, 1.165) is 19.3 Å². The molecule has 4 rings (SSSR count). The first-order valence-corrected chi connectivity index (χ1v) is 11.4. The van der Waals surface area contributed by atoms with Crippen LogP contribution in [0.1, 0.15) is 35.7 Å². The van der Waals surface area contributed by atoms with Crippen molar-refractivity contribution >= 4 is 29.0 Å². The second kappa shape index (κ2) is 10.7. The molecule has 176 valence electrons. The molecule has 2 heterocycles. The zero-order chi connectivity index (χ0) is 23.9. The largest absolute Gasteiger partial charge is 0.462 e. The van der Waals surface area contributed by atoms with Gasteiger partial charge in [0.1, 0.15) is 6.33 Å². The van der Waals surface area contributed by atoms with Gasteiger partial charge in [0.25, 0.3) is 0 Å². The monoisotopic (exact) mass is 461 g/mol. The van der Waals surface area contributed by atoms with E-state index in [4.69, 9.17) is 4.74 Å². The van der Waals surface area contributed by atoms with Gasteiger partial charge in [-0.25, -0.2) is 14.8 Å². The third-order valence-corrected chi connectivity index (χ3v) is 5.93. The number of aromatic nitrogens is 2. The molecule has 0 aliphatic carbocycles. The highest BCUT2D eigenvalue weighted by Gasteiger charge is 2.30. The highest BCUT2D eigenvalue weighted by atomic mass is 16.6. The first kappa shape index (κ1) is 23.2. The minimum absolute atomic E-state index is 0.116. The van der Waals surface area contributed by atoms with Gasteiger partial charge in [-0.1, -0.05) is 30.3 Å². The van der Waals surface area contributed by atoms with E-state index in [2.05, 4.69) is 27.4 Å². The Morgan fingerprint density at radius 3 is 2.47 bits per heavy atom. The molecule has 1 saturated heterocycles. The van der Waals surface area contributed by atoms with E-state index in [1.165, 1.54) is 11.9 Å². The molecule has 1 aromatic heterocycles. The van der Waals surface area contributed by atoms with E-state index in [1.807, 2.05) is 23.1 Å². The second-order valence-electron chi connectivity index (χ2n) is 8.19. The average molecular weight is 462 g/mol. The predicted octanol–water partition coefficient (Wildman–Crippen LogP) is 4.76. The van der Waals surface area contributed by atoms with Crippen LogP contribution >= 0.6 is 0 Å². The molecule has 0 bridgehead atoms. The molecule has 34 heavy (non-hydrogen) atoms. The molecule has 1 aliphatic rings. The second-order valence-corrected chi connectivity index (χ2v) is 8.19. The highest BCUT2D eigenvalue weighted by Crippen LogP contribution is 2.35. The van der Waals surface area contributed by atoms with Gasteiger partial charge in [-0.3, -0.25) is 10.1 Å². The third kappa shape index (κ3) is 5.48. The molecule has 3 aromatic rings. The molecule has 0 radical (unpaired) electrons. The lowest BCUT2D eigenvalue weighted by molar-refractivity contribution is -0.383. The van der Waals surface area contributed by atoms with Crippen LogP contribution in [-0.2, 0) is 11.2 Å². The number of rotatable bonds is 8. The Hall–Kier alpha value is -4.01. The lowest BCUT2D eigenvalue weighted by atomic mass is 9.90. The Labute approximate surface area is 198 Å². The van der Waals surface area contributed by atoms with Gasteiger partial charge in [0, 0.05) is 18.8 Å². The number of benzene rings is 2. The molecule has 0 spiro atoms. The standard InChI is InChI=1S/C25H27N5O4/c1-2-34-25(31)20-8-10-21(11-9-20)28-23-22(30(32)33)24(27-17-26-23)29-14-12-19(13-15-29)16-18-6-4-3-5-7-18/h3-11,17,19H,2,12-16H2,1H3,(H,26,27,28). The Kier molecular flexibility index (Phi) is 7.31. The zero-order valence-electron chi connectivity index (χ0n) is 19.0. The maximum absolute atomic E-state index is 12.0. The highest BCUT2D eigenvalue weighted by molar-refractivity contribution is 5.90. The third-order valence-electron chi connectivity index (χ3n) is 5.93. The van der Waals surface area contributed by atoms with Crippen molar-refractivity contribution in [1.82, 2.24) is 9.97 Å². The summed E-state index contributed by atoms with van der Waals surface area (Å²) in [5.74, 6) is 0.559. The van der Waals surface area contributed by atoms with Crippen molar-refractivity contribution in [2.75, 3.05) is 29.9 Å². The molecule has 9 heteroatoms. The van der Waals surface area contributed by atoms with Gasteiger partial charge in [0.2, 0.25) is 11.6 Å². The first-order chi connectivity index (χ1) is 16.5. The van der Waals surface area contributed by atoms with Crippen LogP contribution in [-0.4, -0.2) is 40.6 Å². The maximum Gasteiger partial charge on any atom is 0.353 e. The normalized spacial score (nSPS) is 14.0. The van der Waals surface area contributed by atoms with E-state index in [1.54, 1.807) is 31.2 Å². The minimum Gasteiger partial charge on any atom is -0.462 e. The Morgan fingerprint density at radius 1 is 1.12 bits per heavy atom. The summed E-state index contributed by atoms with van der Waals surface area (Å²) in [4.78, 5) is 33.8. The van der Waals surface area contributed by atoms with Crippen LogP contribution in [0, 0.1) is 16.0 Å². The summed E-state index contributed by atoms with van der Waals surface area (Å²) in [6.07, 6.45) is 4.23. The summed E-state index contributed by atoms with van der Waals surface area (Å²) < 4.78 is 4.99. The van der Waals surface area contributed by atoms with Crippen LogP contribution in [0.15, 0.2) is 60.9 Å². The molecule has 1 N–H and O–H groups in total. The van der Waals surface area contributed by atoms with Crippen LogP contribution in [0.25, 0.3) is 0 Å². The van der Waals surface area contributed by atoms with Gasteiger partial charge >= 0.3 is 11.7 Å². The number of nitrogens with zero attached hydrogens (tertiary/aromatic N) is 4. The van der Waals surface area contributed by atoms with Crippen molar-refractivity contribution < 1.29 is 14.5 Å². The molecule has 0 amide bonds. The lowest BCUT2D eigenvalue weighted by Gasteiger charge is -2.32. The van der Waals surface area contributed by atoms with Crippen LogP contribution in [0.4, 0.5) is 23.0 Å². The smallest absolute Gasteiger partial charge is 0.353 e. The van der Waals surface area contributed by atoms with Gasteiger partial charge in [-0.2, -0.15) is 0 Å². The molecule has 1 fully saturated rings. The molecule has 0 atom stereocenters. The number of hydrogen-bond acceptors (Lipinski definition) is 8. The van der Waals surface area contributed by atoms with Gasteiger partial charge in [0.05, 0.1) is 17.1 Å². The van der Waals surface area contributed by atoms with Crippen molar-refractivity contribution in [3.63, 3.8) is 0 Å². The summed E-state index contributed by atoms with van der Waals surface area (Å²) in [5.41, 5.74) is 2.14. The van der Waals surface area contributed by atoms with Crippen molar-refractivity contribution in [1.29, 1.82) is 0 Å². The molecule has 2 aromatic carbocycles. The number of nitro groups is 1. The Bertz CT molecular complexity index is 1130. The summed E-state index contributed by atoms with van der Waals surface area (Å²) in [5, 5.41) is 15.0. The molecule has 1 aliphatic heterocycles. The number of anilines is 3. The van der Waals surface area contributed by atoms with Gasteiger partial charge < -0.3 is 15.0 Å². The van der Waals surface area contributed by atoms with Crippen molar-refractivity contribution in [3.05, 3.63) is 82.2 Å². The van der Waals surface area contributed by atoms with Crippen molar-refractivity contribution in [2.24, 2.45) is 5.92 Å². The fraction of sp³-hybridized carbons (Fsp3) is 0.320. The number of carbonyl (C=O) groups excluding carboxylic acids is 1. The number of hydrogen-bond donors (Lipinski definition) is 1. The van der Waals surface area contributed by atoms with Crippen LogP contribution in [0.2, 0.25) is 0 Å². The number of ether oxygens (including phenoxy) is 1.